The van der Waals surface area contributed by atoms with Crippen molar-refractivity contribution in [2.24, 2.45) is 0 Å². The quantitative estimate of drug-likeness (QED) is 0.677. The molecule has 1 atom stereocenters. The van der Waals surface area contributed by atoms with Crippen LogP contribution in [0.1, 0.15) is 15.9 Å². The fourth-order valence-electron chi connectivity index (χ4n) is 1.18. The Hall–Kier alpha value is -1.59. The fraction of sp³-hybridized carbons (Fsp3) is 0.364. The van der Waals surface area contributed by atoms with Crippen LogP contribution in [0.25, 0.3) is 0 Å². The van der Waals surface area contributed by atoms with E-state index in [1.54, 1.807) is 6.92 Å². The molecule has 0 aliphatic rings. The van der Waals surface area contributed by atoms with Crippen LogP contribution in [0.3, 0.4) is 0 Å². The van der Waals surface area contributed by atoms with Gasteiger partial charge in [-0.3, -0.25) is 0 Å². The second kappa shape index (κ2) is 5.48. The van der Waals surface area contributed by atoms with Crippen molar-refractivity contribution in [3.8, 4) is 5.75 Å². The van der Waals surface area contributed by atoms with Crippen molar-refractivity contribution in [3.05, 3.63) is 29.3 Å². The number of benzene rings is 1. The Morgan fingerprint density at radius 2 is 2.19 bits per heavy atom. The average Bonchev–Trinajstić information content (AvgIpc) is 2.26. The lowest BCUT2D eigenvalue weighted by Crippen LogP contribution is -2.21. The van der Waals surface area contributed by atoms with Crippen LogP contribution >= 0.6 is 0 Å². The smallest absolute Gasteiger partial charge is 0.335 e. The van der Waals surface area contributed by atoms with Gasteiger partial charge >= 0.3 is 5.97 Å². The summed E-state index contributed by atoms with van der Waals surface area (Å²) >= 11 is 0. The zero-order valence-electron chi connectivity index (χ0n) is 8.88. The van der Waals surface area contributed by atoms with Crippen LogP contribution in [-0.2, 0) is 0 Å². The Bertz CT molecular complexity index is 375. The summed E-state index contributed by atoms with van der Waals surface area (Å²) in [6.45, 7) is 1.32. The van der Waals surface area contributed by atoms with Crippen molar-refractivity contribution < 1.29 is 24.9 Å². The van der Waals surface area contributed by atoms with Gasteiger partial charge in [-0.15, -0.1) is 0 Å². The Balaban J connectivity index is 2.72. The number of ether oxygens (including phenoxy) is 1. The van der Waals surface area contributed by atoms with Crippen LogP contribution in [0.4, 0.5) is 0 Å². The zero-order valence-corrected chi connectivity index (χ0v) is 8.88. The lowest BCUT2D eigenvalue weighted by atomic mass is 10.1. The normalized spacial score (nSPS) is 12.2. The van der Waals surface area contributed by atoms with Crippen molar-refractivity contribution in [2.45, 2.75) is 13.0 Å². The second-order valence-electron chi connectivity index (χ2n) is 3.43. The largest absolute Gasteiger partial charge is 0.491 e. The van der Waals surface area contributed by atoms with E-state index in [1.165, 1.54) is 18.2 Å². The molecule has 88 valence electrons. The standard InChI is InChI=1S/C11H14O5/c1-7-4-8(11(14)15)2-3-10(7)16-6-9(13)5-12/h2-4,9,12-13H,5-6H2,1H3,(H,14,15). The molecule has 0 heterocycles. The third kappa shape index (κ3) is 3.22. The molecule has 0 fully saturated rings. The van der Waals surface area contributed by atoms with Gasteiger partial charge in [0.25, 0.3) is 0 Å². The molecule has 1 aromatic carbocycles. The molecule has 3 N–H and O–H groups in total. The summed E-state index contributed by atoms with van der Waals surface area (Å²) in [7, 11) is 0. The summed E-state index contributed by atoms with van der Waals surface area (Å²) in [5.74, 6) is -0.498. The minimum absolute atomic E-state index is 0.0240. The molecule has 1 rings (SSSR count). The first kappa shape index (κ1) is 12.5. The summed E-state index contributed by atoms with van der Waals surface area (Å²) in [5, 5.41) is 26.4. The molecular weight excluding hydrogens is 212 g/mol. The van der Waals surface area contributed by atoms with Crippen LogP contribution < -0.4 is 4.74 Å². The van der Waals surface area contributed by atoms with Gasteiger partial charge in [0, 0.05) is 0 Å². The van der Waals surface area contributed by atoms with Crippen LogP contribution in [0.2, 0.25) is 0 Å². The molecule has 0 spiro atoms. The molecule has 0 bridgehead atoms. The van der Waals surface area contributed by atoms with Crippen LogP contribution in [0.5, 0.6) is 5.75 Å². The van der Waals surface area contributed by atoms with Crippen molar-refractivity contribution >= 4 is 5.97 Å². The van der Waals surface area contributed by atoms with Gasteiger partial charge < -0.3 is 20.1 Å². The first-order valence-electron chi connectivity index (χ1n) is 4.80. The number of aliphatic hydroxyl groups is 2. The molecule has 0 aliphatic carbocycles. The fourth-order valence-corrected chi connectivity index (χ4v) is 1.18. The van der Waals surface area contributed by atoms with Gasteiger partial charge in [0.1, 0.15) is 18.5 Å². The van der Waals surface area contributed by atoms with Crippen molar-refractivity contribution in [3.63, 3.8) is 0 Å². The molecular formula is C11H14O5. The van der Waals surface area contributed by atoms with Gasteiger partial charge in [-0.1, -0.05) is 0 Å². The molecule has 0 saturated carbocycles. The number of carboxylic acid groups (broad SMARTS) is 1. The summed E-state index contributed by atoms with van der Waals surface area (Å²) in [6.07, 6.45) is -0.932. The molecule has 1 aromatic rings. The summed E-state index contributed by atoms with van der Waals surface area (Å²) in [6, 6.07) is 4.45. The number of aryl methyl sites for hydroxylation is 1. The number of carbonyl (C=O) groups is 1. The number of carboxylic acids is 1. The van der Waals surface area contributed by atoms with E-state index in [2.05, 4.69) is 0 Å². The number of aliphatic hydroxyl groups excluding tert-OH is 2. The lowest BCUT2D eigenvalue weighted by Gasteiger charge is -2.12. The van der Waals surface area contributed by atoms with E-state index in [-0.39, 0.29) is 18.8 Å². The van der Waals surface area contributed by atoms with Gasteiger partial charge in [0.2, 0.25) is 0 Å². The molecule has 5 heteroatoms. The zero-order chi connectivity index (χ0) is 12.1. The predicted molar refractivity (Wildman–Crippen MR) is 56.7 cm³/mol. The minimum Gasteiger partial charge on any atom is -0.491 e. The van der Waals surface area contributed by atoms with Crippen LogP contribution in [-0.4, -0.2) is 40.6 Å². The minimum atomic E-state index is -0.995. The highest BCUT2D eigenvalue weighted by atomic mass is 16.5. The monoisotopic (exact) mass is 226 g/mol. The molecule has 0 aliphatic heterocycles. The molecule has 5 nitrogen and oxygen atoms in total. The highest BCUT2D eigenvalue weighted by Crippen LogP contribution is 2.19. The molecule has 0 aromatic heterocycles. The molecule has 0 amide bonds. The third-order valence-electron chi connectivity index (χ3n) is 2.06. The van der Waals surface area contributed by atoms with E-state index in [1.807, 2.05) is 0 Å². The highest BCUT2D eigenvalue weighted by molar-refractivity contribution is 5.88. The third-order valence-corrected chi connectivity index (χ3v) is 2.06. The Morgan fingerprint density at radius 1 is 1.50 bits per heavy atom. The number of rotatable bonds is 5. The van der Waals surface area contributed by atoms with E-state index < -0.39 is 12.1 Å². The van der Waals surface area contributed by atoms with E-state index >= 15 is 0 Å². The van der Waals surface area contributed by atoms with Crippen molar-refractivity contribution in [1.82, 2.24) is 0 Å². The Morgan fingerprint density at radius 3 is 2.69 bits per heavy atom. The topological polar surface area (TPSA) is 87.0 Å². The number of aromatic carboxylic acids is 1. The SMILES string of the molecule is Cc1cc(C(=O)O)ccc1OCC(O)CO. The van der Waals surface area contributed by atoms with Gasteiger partial charge in [0.05, 0.1) is 12.2 Å². The Kier molecular flexibility index (Phi) is 4.28. The maximum absolute atomic E-state index is 10.7. The van der Waals surface area contributed by atoms with E-state index in [0.717, 1.165) is 0 Å². The maximum Gasteiger partial charge on any atom is 0.335 e. The van der Waals surface area contributed by atoms with E-state index in [4.69, 9.17) is 20.1 Å². The number of hydrogen-bond acceptors (Lipinski definition) is 4. The van der Waals surface area contributed by atoms with Gasteiger partial charge in [0.15, 0.2) is 0 Å². The molecule has 0 radical (unpaired) electrons. The molecule has 1 unspecified atom stereocenters. The van der Waals surface area contributed by atoms with Gasteiger partial charge in [-0.25, -0.2) is 4.79 Å². The maximum atomic E-state index is 10.7. The first-order valence-corrected chi connectivity index (χ1v) is 4.80. The first-order chi connectivity index (χ1) is 7.54. The average molecular weight is 226 g/mol. The van der Waals surface area contributed by atoms with E-state index in [9.17, 15) is 4.79 Å². The van der Waals surface area contributed by atoms with Crippen molar-refractivity contribution in [2.75, 3.05) is 13.2 Å². The summed E-state index contributed by atoms with van der Waals surface area (Å²) in [5.41, 5.74) is 0.859. The summed E-state index contributed by atoms with van der Waals surface area (Å²) in [4.78, 5) is 10.7. The molecule has 16 heavy (non-hydrogen) atoms. The highest BCUT2D eigenvalue weighted by Gasteiger charge is 2.08. The summed E-state index contributed by atoms with van der Waals surface area (Å²) < 4.78 is 5.22. The van der Waals surface area contributed by atoms with Crippen LogP contribution in [0.15, 0.2) is 18.2 Å². The predicted octanol–water partition coefficient (Wildman–Crippen LogP) is 0.425. The molecule has 0 saturated heterocycles. The van der Waals surface area contributed by atoms with Gasteiger partial charge in [-0.2, -0.15) is 0 Å². The van der Waals surface area contributed by atoms with E-state index in [0.29, 0.717) is 11.3 Å². The van der Waals surface area contributed by atoms with Crippen molar-refractivity contribution in [1.29, 1.82) is 0 Å². The lowest BCUT2D eigenvalue weighted by molar-refractivity contribution is 0.0533. The second-order valence-corrected chi connectivity index (χ2v) is 3.43. The van der Waals surface area contributed by atoms with Gasteiger partial charge in [-0.05, 0) is 30.7 Å². The number of hydrogen-bond donors (Lipinski definition) is 3. The van der Waals surface area contributed by atoms with Crippen LogP contribution in [0, 0.1) is 6.92 Å². The Labute approximate surface area is 92.9 Å².